The lowest BCUT2D eigenvalue weighted by atomic mass is 9.80. The van der Waals surface area contributed by atoms with Crippen molar-refractivity contribution in [3.8, 4) is 5.75 Å². The minimum Gasteiger partial charge on any atom is -0.497 e. The molecule has 0 saturated heterocycles. The number of hydrogen-bond acceptors (Lipinski definition) is 3. The molecular formula is C30H34N2O3. The summed E-state index contributed by atoms with van der Waals surface area (Å²) in [6, 6.07) is 27.1. The minimum absolute atomic E-state index is 0.0296. The zero-order chi connectivity index (χ0) is 24.6. The summed E-state index contributed by atoms with van der Waals surface area (Å²) in [5.74, 6) is 1.09. The molecule has 5 heteroatoms. The van der Waals surface area contributed by atoms with E-state index in [0.29, 0.717) is 19.6 Å². The number of nitrogens with zero attached hydrogens (tertiary/aromatic N) is 1. The van der Waals surface area contributed by atoms with Gasteiger partial charge < -0.3 is 19.4 Å². The van der Waals surface area contributed by atoms with Crippen molar-refractivity contribution in [2.24, 2.45) is 0 Å². The number of fused-ring (bicyclic) bond motifs is 1. The maximum atomic E-state index is 12.9. The van der Waals surface area contributed by atoms with Crippen LogP contribution >= 0.6 is 0 Å². The van der Waals surface area contributed by atoms with Gasteiger partial charge >= 0.3 is 0 Å². The summed E-state index contributed by atoms with van der Waals surface area (Å²) < 4.78 is 12.7. The van der Waals surface area contributed by atoms with Gasteiger partial charge in [-0.05, 0) is 40.8 Å². The van der Waals surface area contributed by atoms with Gasteiger partial charge in [0.2, 0.25) is 5.91 Å². The van der Waals surface area contributed by atoms with Gasteiger partial charge in [-0.25, -0.2) is 0 Å². The molecular weight excluding hydrogens is 436 g/mol. The third-order valence-corrected chi connectivity index (χ3v) is 6.69. The molecule has 0 unspecified atom stereocenters. The van der Waals surface area contributed by atoms with E-state index in [-0.39, 0.29) is 17.7 Å². The molecule has 4 rings (SSSR count). The van der Waals surface area contributed by atoms with Crippen LogP contribution in [0.15, 0.2) is 85.1 Å². The van der Waals surface area contributed by atoms with Crippen LogP contribution < -0.4 is 10.1 Å². The van der Waals surface area contributed by atoms with Crippen molar-refractivity contribution in [2.75, 3.05) is 27.4 Å². The zero-order valence-electron chi connectivity index (χ0n) is 20.7. The van der Waals surface area contributed by atoms with Crippen LogP contribution in [-0.2, 0) is 16.1 Å². The lowest BCUT2D eigenvalue weighted by Crippen LogP contribution is -2.29. The molecule has 3 aromatic carbocycles. The molecule has 182 valence electrons. The van der Waals surface area contributed by atoms with Crippen molar-refractivity contribution in [3.05, 3.63) is 102 Å². The minimum atomic E-state index is 0.0296. The van der Waals surface area contributed by atoms with Crippen LogP contribution in [0.25, 0.3) is 10.9 Å². The highest BCUT2D eigenvalue weighted by molar-refractivity contribution is 5.86. The molecule has 0 radical (unpaired) electrons. The number of hydrogen-bond donors (Lipinski definition) is 1. The summed E-state index contributed by atoms with van der Waals surface area (Å²) in [7, 11) is 3.32. The van der Waals surface area contributed by atoms with Crippen LogP contribution in [0.5, 0.6) is 5.75 Å². The topological polar surface area (TPSA) is 52.5 Å². The molecule has 1 aromatic heterocycles. The summed E-state index contributed by atoms with van der Waals surface area (Å²) in [5, 5.41) is 4.21. The molecule has 1 N–H and O–H groups in total. The van der Waals surface area contributed by atoms with Crippen molar-refractivity contribution in [2.45, 2.75) is 31.7 Å². The van der Waals surface area contributed by atoms with Crippen LogP contribution in [0.1, 0.15) is 41.9 Å². The maximum absolute atomic E-state index is 12.9. The molecule has 0 aliphatic rings. The molecule has 0 aliphatic heterocycles. The molecule has 0 spiro atoms. The second-order valence-corrected chi connectivity index (χ2v) is 8.93. The molecule has 0 saturated carbocycles. The lowest BCUT2D eigenvalue weighted by molar-refractivity contribution is -0.121. The number of aromatic nitrogens is 1. The van der Waals surface area contributed by atoms with Gasteiger partial charge in [-0.15, -0.1) is 0 Å². The first-order chi connectivity index (χ1) is 17.1. The van der Waals surface area contributed by atoms with Crippen LogP contribution in [0.2, 0.25) is 0 Å². The molecule has 0 aliphatic carbocycles. The van der Waals surface area contributed by atoms with Gasteiger partial charge in [-0.1, -0.05) is 67.6 Å². The fraction of sp³-hybridized carbons (Fsp3) is 0.300. The Labute approximate surface area is 207 Å². The number of carbonyl (C=O) groups is 1. The van der Waals surface area contributed by atoms with E-state index >= 15 is 0 Å². The van der Waals surface area contributed by atoms with Gasteiger partial charge in [0, 0.05) is 49.6 Å². The second-order valence-electron chi connectivity index (χ2n) is 8.93. The quantitative estimate of drug-likeness (QED) is 0.285. The Morgan fingerprint density at radius 1 is 0.943 bits per heavy atom. The Kier molecular flexibility index (Phi) is 8.22. The molecule has 4 aromatic rings. The number of methoxy groups -OCH3 is 2. The van der Waals surface area contributed by atoms with Crippen molar-refractivity contribution >= 4 is 16.8 Å². The largest absolute Gasteiger partial charge is 0.497 e. The molecule has 2 atom stereocenters. The third-order valence-electron chi connectivity index (χ3n) is 6.69. The first-order valence-corrected chi connectivity index (χ1v) is 12.1. The van der Waals surface area contributed by atoms with E-state index in [1.807, 2.05) is 18.2 Å². The molecule has 0 bridgehead atoms. The fourth-order valence-corrected chi connectivity index (χ4v) is 4.74. The van der Waals surface area contributed by atoms with Crippen LogP contribution in [0.4, 0.5) is 0 Å². The highest BCUT2D eigenvalue weighted by atomic mass is 16.5. The van der Waals surface area contributed by atoms with Crippen molar-refractivity contribution in [1.82, 2.24) is 9.88 Å². The summed E-state index contributed by atoms with van der Waals surface area (Å²) >= 11 is 0. The fourth-order valence-electron chi connectivity index (χ4n) is 4.74. The first kappa shape index (κ1) is 24.6. The summed E-state index contributed by atoms with van der Waals surface area (Å²) in [4.78, 5) is 12.9. The third kappa shape index (κ3) is 5.92. The first-order valence-electron chi connectivity index (χ1n) is 12.1. The van der Waals surface area contributed by atoms with E-state index in [4.69, 9.17) is 9.47 Å². The van der Waals surface area contributed by atoms with Gasteiger partial charge in [-0.2, -0.15) is 0 Å². The number of rotatable bonds is 11. The lowest BCUT2D eigenvalue weighted by Gasteiger charge is -2.24. The molecule has 5 nitrogen and oxygen atoms in total. The van der Waals surface area contributed by atoms with Crippen molar-refractivity contribution in [1.29, 1.82) is 0 Å². The van der Waals surface area contributed by atoms with Gasteiger partial charge in [-0.3, -0.25) is 4.79 Å². The number of carbonyl (C=O) groups excluding carboxylic acids is 1. The van der Waals surface area contributed by atoms with Gasteiger partial charge in [0.15, 0.2) is 0 Å². The predicted molar refractivity (Wildman–Crippen MR) is 141 cm³/mol. The Bertz CT molecular complexity index is 1230. The SMILES string of the molecule is COCCNC(=O)C[C@@H](c1cn(Cc2ccc(OC)cc2)c2ccccc12)[C@@H](C)c1ccccc1. The van der Waals surface area contributed by atoms with Crippen molar-refractivity contribution < 1.29 is 14.3 Å². The predicted octanol–water partition coefficient (Wildman–Crippen LogP) is 5.74. The van der Waals surface area contributed by atoms with Crippen LogP contribution in [0, 0.1) is 0 Å². The highest BCUT2D eigenvalue weighted by Gasteiger charge is 2.27. The normalized spacial score (nSPS) is 12.9. The Morgan fingerprint density at radius 3 is 2.37 bits per heavy atom. The monoisotopic (exact) mass is 470 g/mol. The second kappa shape index (κ2) is 11.7. The average molecular weight is 471 g/mol. The van der Waals surface area contributed by atoms with Crippen LogP contribution in [0.3, 0.4) is 0 Å². The summed E-state index contributed by atoms with van der Waals surface area (Å²) in [5.41, 5.74) is 4.80. The number of para-hydroxylation sites is 1. The summed E-state index contributed by atoms with van der Waals surface area (Å²) in [6.45, 7) is 3.99. The maximum Gasteiger partial charge on any atom is 0.220 e. The Morgan fingerprint density at radius 2 is 1.66 bits per heavy atom. The Balaban J connectivity index is 1.71. The van der Waals surface area contributed by atoms with Crippen LogP contribution in [-0.4, -0.2) is 37.8 Å². The smallest absolute Gasteiger partial charge is 0.220 e. The van der Waals surface area contributed by atoms with Gasteiger partial charge in [0.25, 0.3) is 0 Å². The summed E-state index contributed by atoms with van der Waals surface area (Å²) in [6.07, 6.45) is 2.65. The van der Waals surface area contributed by atoms with Crippen molar-refractivity contribution in [3.63, 3.8) is 0 Å². The van der Waals surface area contributed by atoms with E-state index in [9.17, 15) is 4.79 Å². The van der Waals surface area contributed by atoms with E-state index < -0.39 is 0 Å². The van der Waals surface area contributed by atoms with E-state index in [1.165, 1.54) is 27.6 Å². The van der Waals surface area contributed by atoms with Gasteiger partial charge in [0.05, 0.1) is 13.7 Å². The number of ether oxygens (including phenoxy) is 2. The zero-order valence-corrected chi connectivity index (χ0v) is 20.7. The highest BCUT2D eigenvalue weighted by Crippen LogP contribution is 2.39. The molecule has 1 amide bonds. The Hall–Kier alpha value is -3.57. The molecule has 0 fully saturated rings. The number of amides is 1. The standard InChI is InChI=1S/C30H34N2O3/c1-22(24-9-5-4-6-10-24)27(19-30(33)31-17-18-34-2)28-21-32(29-12-8-7-11-26(28)29)20-23-13-15-25(35-3)16-14-23/h4-16,21-22,27H,17-20H2,1-3H3,(H,31,33)/t22-,27+/m0/s1. The van der Waals surface area contributed by atoms with E-state index in [2.05, 4.69) is 83.7 Å². The average Bonchev–Trinajstić information content (AvgIpc) is 3.26. The molecule has 35 heavy (non-hydrogen) atoms. The van der Waals surface area contributed by atoms with Gasteiger partial charge in [0.1, 0.15) is 5.75 Å². The number of benzene rings is 3. The number of nitrogens with one attached hydrogen (secondary N) is 1. The van der Waals surface area contributed by atoms with E-state index in [1.54, 1.807) is 14.2 Å². The molecule has 1 heterocycles. The van der Waals surface area contributed by atoms with E-state index in [0.717, 1.165) is 12.3 Å².